The number of ether oxygens (including phenoxy) is 21. The van der Waals surface area contributed by atoms with E-state index in [9.17, 15) is 72.2 Å². The van der Waals surface area contributed by atoms with Gasteiger partial charge in [-0.05, 0) is 38.1 Å². The number of primary amides is 2. The lowest BCUT2D eigenvalue weighted by Gasteiger charge is -2.52. The summed E-state index contributed by atoms with van der Waals surface area (Å²) in [4.78, 5) is 188. The Kier molecular flexibility index (Phi) is 32.8. The second-order valence-corrected chi connectivity index (χ2v) is 40.6. The number of amides is 4. The molecule has 0 spiro atoms. The molecule has 5 heterocycles. The number of carbonyl (C=O) groups is 14. The van der Waals surface area contributed by atoms with Crippen LogP contribution in [0.15, 0.2) is 30.3 Å². The number of esters is 10. The number of nitrogens with two attached hydrogens (primary N) is 2. The molecule has 0 unspecified atom stereocenters. The zero-order valence-electron chi connectivity index (χ0n) is 64.9. The van der Waals surface area contributed by atoms with Crippen molar-refractivity contribution in [3.8, 4) is 0 Å². The Bertz CT molecular complexity index is 3490. The minimum Gasteiger partial charge on any atom is -0.464 e. The van der Waals surface area contributed by atoms with Crippen molar-refractivity contribution in [2.24, 2.45) is 11.5 Å². The van der Waals surface area contributed by atoms with E-state index < -0.39 is 266 Å². The van der Waals surface area contributed by atoms with Crippen molar-refractivity contribution in [3.05, 3.63) is 35.9 Å². The zero-order chi connectivity index (χ0) is 83.1. The molecule has 0 bridgehead atoms. The van der Waals surface area contributed by atoms with Crippen LogP contribution in [0.2, 0.25) is 51.4 Å². The first kappa shape index (κ1) is 91.5. The van der Waals surface area contributed by atoms with Crippen molar-refractivity contribution in [1.82, 2.24) is 10.6 Å². The van der Waals surface area contributed by atoms with Crippen LogP contribution in [0, 0.1) is 0 Å². The molecule has 42 heteroatoms. The highest BCUT2D eigenvalue weighted by Crippen LogP contribution is 2.42. The molecule has 1 aromatic rings. The molecule has 0 aliphatic carbocycles. The summed E-state index contributed by atoms with van der Waals surface area (Å²) in [5.41, 5.74) is 8.64. The lowest BCUT2D eigenvalue weighted by atomic mass is 9.85. The molecule has 1 aromatic carbocycles. The van der Waals surface area contributed by atoms with E-state index in [1.165, 1.54) is 31.2 Å². The molecule has 622 valence electrons. The first-order valence-corrected chi connectivity index (χ1v) is 42.8. The van der Waals surface area contributed by atoms with Crippen LogP contribution in [0.1, 0.15) is 93.4 Å². The molecule has 6 rings (SSSR count). The summed E-state index contributed by atoms with van der Waals surface area (Å²) in [5, 5.41) is 17.4. The van der Waals surface area contributed by atoms with Gasteiger partial charge in [0.25, 0.3) is 0 Å². The van der Waals surface area contributed by atoms with Gasteiger partial charge in [-0.15, -0.1) is 0 Å². The Morgan fingerprint density at radius 2 is 0.874 bits per heavy atom. The fourth-order valence-corrected chi connectivity index (χ4v) is 14.1. The maximum atomic E-state index is 14.4. The van der Waals surface area contributed by atoms with Crippen LogP contribution in [-0.2, 0) is 157 Å². The lowest BCUT2D eigenvalue weighted by molar-refractivity contribution is -0.379. The van der Waals surface area contributed by atoms with Gasteiger partial charge in [0.1, 0.15) is 48.7 Å². The number of benzene rings is 1. The van der Waals surface area contributed by atoms with Crippen molar-refractivity contribution in [2.75, 3.05) is 26.4 Å². The summed E-state index contributed by atoms with van der Waals surface area (Å²) < 4.78 is 128. The summed E-state index contributed by atoms with van der Waals surface area (Å²) >= 11 is 0. The van der Waals surface area contributed by atoms with Crippen LogP contribution in [0.25, 0.3) is 0 Å². The summed E-state index contributed by atoms with van der Waals surface area (Å²) in [6.45, 7) is 21.8. The Labute approximate surface area is 640 Å². The fraction of sp³-hybridized carbons (Fsp3) is 0.710. The number of rotatable bonds is 32. The summed E-state index contributed by atoms with van der Waals surface area (Å²) in [7, 11) is -3.97. The van der Waals surface area contributed by atoms with Crippen LogP contribution in [0.3, 0.4) is 0 Å². The molecule has 7 N–H and O–H groups in total. The molecule has 0 aromatic heterocycles. The topological polar surface area (TPSA) is 529 Å². The van der Waals surface area contributed by atoms with Crippen molar-refractivity contribution in [3.63, 3.8) is 0 Å². The summed E-state index contributed by atoms with van der Waals surface area (Å²) in [6.07, 6.45) is -45.1. The Balaban J connectivity index is 1.60. The Hall–Kier alpha value is -8.41. The third-order valence-corrected chi connectivity index (χ3v) is 20.7. The number of carbonyl (C=O) groups excluding carboxylic acids is 14. The van der Waals surface area contributed by atoms with Gasteiger partial charge < -0.3 is 127 Å². The van der Waals surface area contributed by atoms with Crippen molar-refractivity contribution < 1.29 is 172 Å². The zero-order valence-corrected chi connectivity index (χ0v) is 66.9. The molecule has 111 heavy (non-hydrogen) atoms. The maximum Gasteiger partial charge on any atom is 0.404 e. The fourth-order valence-electron chi connectivity index (χ4n) is 12.6. The van der Waals surface area contributed by atoms with Gasteiger partial charge in [-0.1, -0.05) is 57.5 Å². The van der Waals surface area contributed by atoms with Gasteiger partial charge in [-0.25, -0.2) is 14.4 Å². The monoisotopic (exact) mass is 1620 g/mol. The number of hydrogen-bond acceptors (Lipinski definition) is 36. The molecule has 5 fully saturated rings. The number of nitrogens with one attached hydrogen (secondary N) is 2. The highest BCUT2D eigenvalue weighted by molar-refractivity contribution is 6.76. The van der Waals surface area contributed by atoms with Crippen molar-refractivity contribution in [2.45, 2.75) is 287 Å². The summed E-state index contributed by atoms with van der Waals surface area (Å²) in [6, 6.07) is 4.22. The van der Waals surface area contributed by atoms with Crippen molar-refractivity contribution in [1.29, 1.82) is 0 Å². The van der Waals surface area contributed by atoms with Crippen LogP contribution in [0.5, 0.6) is 0 Å². The van der Waals surface area contributed by atoms with Crippen LogP contribution >= 0.6 is 0 Å². The molecule has 0 saturated carbocycles. The van der Waals surface area contributed by atoms with Gasteiger partial charge in [0, 0.05) is 92.0 Å². The third kappa shape index (κ3) is 26.3. The molecule has 4 amide bonds. The molecular weight excluding hydrogens is 1520 g/mol. The van der Waals surface area contributed by atoms with E-state index in [-0.39, 0.29) is 18.8 Å². The first-order valence-electron chi connectivity index (χ1n) is 35.4. The van der Waals surface area contributed by atoms with E-state index >= 15 is 0 Å². The van der Waals surface area contributed by atoms with E-state index in [0.29, 0.717) is 12.1 Å². The van der Waals surface area contributed by atoms with Gasteiger partial charge in [0.05, 0.1) is 24.9 Å². The van der Waals surface area contributed by atoms with E-state index in [1.54, 1.807) is 6.07 Å². The van der Waals surface area contributed by atoms with E-state index in [0.717, 1.165) is 76.2 Å². The molecule has 5 aliphatic rings. The van der Waals surface area contributed by atoms with Gasteiger partial charge in [0.2, 0.25) is 17.7 Å². The number of hydrogen-bond donors (Lipinski definition) is 5. The maximum absolute atomic E-state index is 14.4. The molecule has 40 nitrogen and oxygen atoms in total. The van der Waals surface area contributed by atoms with Crippen LogP contribution in [-0.4, -0.2) is 284 Å². The molecule has 0 radical (unpaired) electrons. The first-order chi connectivity index (χ1) is 51.7. The second kappa shape index (κ2) is 39.9. The van der Waals surface area contributed by atoms with Gasteiger partial charge in [-0.3, -0.25) is 52.7 Å². The quantitative estimate of drug-likeness (QED) is 0.0362. The Morgan fingerprint density at radius 3 is 1.38 bits per heavy atom. The van der Waals surface area contributed by atoms with Gasteiger partial charge in [-0.2, -0.15) is 0 Å². The normalized spacial score (nSPS) is 32.7. The standard InChI is InChI=1S/C69H102N4O36Si2/c1-30-46(104-67-56(103-61(85)41-22-20-19-21-23-41)53(99-39(10)82)52(98-38(9)81)54(106-67)62(86)89-24-26-110(13,14)15)49(95-35(6)78)44(72-31(2)74)63(93-30)105-47-43(29-92-65-55(100-40(11)83)51(97-37(8)80)48(94-34(5)77)42(102-65)28-91-33(4)76)101-64(45(73-32(3)75)50(47)96-36(7)79)107-57-58(109-68(71)87)69(12,88)59(60(70)84)108-66(57)90-25-27-111(16,17)18/h19-23,30,42-59,63-67,88H,24-29H2,1-18H3,(H2,70,84)(H2,71,87)(H,72,74)(H,73,75)/t30-,42-,43-,44-,45-,46-,47-,48-,49-,50-,51+,52-,53+,54+,55-,56-,57-,58-,59-,63+,64+,65-,66-,67-,69+/m1/s1. The highest BCUT2D eigenvalue weighted by Gasteiger charge is 2.64. The SMILES string of the molecule is CC(=O)N[C@H]1[C@H](O[C@H]2[C@H](OC(C)=O)[C@@H](NC(C)=O)[C@H](O[C@H]3[C@H](OCC[Si](C)(C)C)O[C@H](C(N)=O)[C@@](C)(O)[C@@H]3OC(N)=O)O[C@@H]2CO[C@@H]2O[C@H](COC(C)=O)[C@@H](OC(C)=O)[C@H](OC(C)=O)[C@H]2OC(C)=O)O[C@H](C)[C@@H](O[C@@H]2O[C@H](C(=O)OCC[Si](C)(C)C)[C@H](OC(C)=O)[C@H](OC(C)=O)[C@H]2OC(=O)c2ccccc2)[C@@H]1OC(C)=O. The van der Waals surface area contributed by atoms with E-state index in [1.807, 2.05) is 39.3 Å². The lowest BCUT2D eigenvalue weighted by Crippen LogP contribution is -2.73. The smallest absolute Gasteiger partial charge is 0.404 e. The second-order valence-electron chi connectivity index (χ2n) is 29.4. The minimum atomic E-state index is -2.68. The Morgan fingerprint density at radius 1 is 0.441 bits per heavy atom. The highest BCUT2D eigenvalue weighted by atomic mass is 28.3. The van der Waals surface area contributed by atoms with E-state index in [4.69, 9.17) is 111 Å². The minimum absolute atomic E-state index is 0.0893. The van der Waals surface area contributed by atoms with Crippen molar-refractivity contribution >= 4 is 99.7 Å². The van der Waals surface area contributed by atoms with Crippen LogP contribution < -0.4 is 22.1 Å². The average molecular weight is 1620 g/mol. The van der Waals surface area contributed by atoms with E-state index in [2.05, 4.69) is 10.6 Å². The van der Waals surface area contributed by atoms with Crippen LogP contribution in [0.4, 0.5) is 4.79 Å². The van der Waals surface area contributed by atoms with Gasteiger partial charge in [0.15, 0.2) is 105 Å². The predicted molar refractivity (Wildman–Crippen MR) is 373 cm³/mol. The predicted octanol–water partition coefficient (Wildman–Crippen LogP) is 0.0594. The largest absolute Gasteiger partial charge is 0.464 e. The van der Waals surface area contributed by atoms with Gasteiger partial charge >= 0.3 is 65.8 Å². The summed E-state index contributed by atoms with van der Waals surface area (Å²) in [5.74, 6) is -13.8. The molecule has 5 saturated heterocycles. The number of aliphatic hydroxyl groups is 1. The molecule has 5 aliphatic heterocycles. The molecule has 25 atom stereocenters. The average Bonchev–Trinajstić information content (AvgIpc) is 0.753. The molecular formula is C69H102N4O36Si2. The third-order valence-electron chi connectivity index (χ3n) is 17.3.